The number of ether oxygens (including phenoxy) is 1. The molecule has 1 aromatic carbocycles. The molecule has 1 rings (SSSR count). The van der Waals surface area contributed by atoms with Crippen molar-refractivity contribution >= 4 is 41.9 Å². The monoisotopic (exact) mass is 371 g/mol. The van der Waals surface area contributed by atoms with Crippen LogP contribution in [0.1, 0.15) is 13.3 Å². The summed E-state index contributed by atoms with van der Waals surface area (Å²) < 4.78 is 28.9. The molecule has 2 N–H and O–H groups in total. The quantitative estimate of drug-likeness (QED) is 0.883. The molecule has 0 aliphatic heterocycles. The Kier molecular flexibility index (Phi) is 4.78. The van der Waals surface area contributed by atoms with Crippen LogP contribution >= 0.6 is 31.9 Å². The maximum absolute atomic E-state index is 11.2. The largest absolute Gasteiger partial charge is 0.491 e. The van der Waals surface area contributed by atoms with E-state index >= 15 is 0 Å². The lowest BCUT2D eigenvalue weighted by Crippen LogP contribution is -2.12. The minimum absolute atomic E-state index is 0.0371. The van der Waals surface area contributed by atoms with Crippen molar-refractivity contribution in [2.24, 2.45) is 5.14 Å². The van der Waals surface area contributed by atoms with Gasteiger partial charge in [-0.15, -0.1) is 0 Å². The molecule has 0 fully saturated rings. The van der Waals surface area contributed by atoms with Gasteiger partial charge in [0.05, 0.1) is 20.4 Å². The van der Waals surface area contributed by atoms with Gasteiger partial charge in [-0.1, -0.05) is 6.92 Å². The highest BCUT2D eigenvalue weighted by molar-refractivity contribution is 9.11. The molecule has 0 amide bonds. The molecule has 0 aliphatic carbocycles. The predicted octanol–water partition coefficient (Wildman–Crippen LogP) is 2.65. The summed E-state index contributed by atoms with van der Waals surface area (Å²) >= 11 is 6.49. The molecule has 0 heterocycles. The number of benzene rings is 1. The third-order valence-corrected chi connectivity index (χ3v) is 3.82. The first-order chi connectivity index (χ1) is 7.36. The number of halogens is 2. The summed E-state index contributed by atoms with van der Waals surface area (Å²) in [6, 6.07) is 2.84. The van der Waals surface area contributed by atoms with Crippen molar-refractivity contribution in [3.8, 4) is 5.75 Å². The summed E-state index contributed by atoms with van der Waals surface area (Å²) in [7, 11) is -3.70. The number of rotatable bonds is 4. The zero-order valence-corrected chi connectivity index (χ0v) is 12.5. The lowest BCUT2D eigenvalue weighted by Gasteiger charge is -2.10. The Balaban J connectivity index is 3.18. The van der Waals surface area contributed by atoms with E-state index < -0.39 is 10.0 Å². The Morgan fingerprint density at radius 3 is 2.19 bits per heavy atom. The highest BCUT2D eigenvalue weighted by Crippen LogP contribution is 2.35. The standard InChI is InChI=1S/C9H11Br2NO3S/c1-2-3-15-9-7(10)4-6(5-8(9)11)16(12,13)14/h4-5H,2-3H2,1H3,(H2,12,13,14). The van der Waals surface area contributed by atoms with Gasteiger partial charge in [0.2, 0.25) is 10.0 Å². The molecule has 0 aromatic heterocycles. The molecule has 1 aromatic rings. The highest BCUT2D eigenvalue weighted by Gasteiger charge is 2.14. The van der Waals surface area contributed by atoms with E-state index in [-0.39, 0.29) is 4.90 Å². The van der Waals surface area contributed by atoms with E-state index in [0.717, 1.165) is 6.42 Å². The minimum Gasteiger partial charge on any atom is -0.491 e. The van der Waals surface area contributed by atoms with Crippen LogP contribution in [0, 0.1) is 0 Å². The van der Waals surface area contributed by atoms with Gasteiger partial charge in [0.1, 0.15) is 5.75 Å². The molecular weight excluding hydrogens is 362 g/mol. The number of primary sulfonamides is 1. The van der Waals surface area contributed by atoms with E-state index in [2.05, 4.69) is 31.9 Å². The van der Waals surface area contributed by atoms with E-state index in [1.165, 1.54) is 12.1 Å². The van der Waals surface area contributed by atoms with Crippen molar-refractivity contribution in [3.05, 3.63) is 21.1 Å². The average molecular weight is 373 g/mol. The van der Waals surface area contributed by atoms with Crippen molar-refractivity contribution in [2.45, 2.75) is 18.2 Å². The zero-order chi connectivity index (χ0) is 12.3. The second-order valence-electron chi connectivity index (χ2n) is 3.11. The Labute approximate surface area is 111 Å². The summed E-state index contributed by atoms with van der Waals surface area (Å²) in [5, 5.41) is 5.03. The van der Waals surface area contributed by atoms with E-state index in [4.69, 9.17) is 9.88 Å². The van der Waals surface area contributed by atoms with Crippen LogP contribution < -0.4 is 9.88 Å². The van der Waals surface area contributed by atoms with Crippen LogP contribution in [0.2, 0.25) is 0 Å². The van der Waals surface area contributed by atoms with Gasteiger partial charge < -0.3 is 4.74 Å². The molecule has 0 unspecified atom stereocenters. The van der Waals surface area contributed by atoms with Gasteiger partial charge in [0.15, 0.2) is 0 Å². The maximum atomic E-state index is 11.2. The molecule has 90 valence electrons. The van der Waals surface area contributed by atoms with E-state index in [1.807, 2.05) is 6.92 Å². The van der Waals surface area contributed by atoms with Crippen molar-refractivity contribution in [2.75, 3.05) is 6.61 Å². The molecule has 0 bridgehead atoms. The Bertz CT molecular complexity index is 465. The summed E-state index contributed by atoms with van der Waals surface area (Å²) in [6.45, 7) is 2.55. The fraction of sp³-hybridized carbons (Fsp3) is 0.333. The molecule has 4 nitrogen and oxygen atoms in total. The molecule has 0 radical (unpaired) electrons. The first-order valence-corrected chi connectivity index (χ1v) is 7.64. The molecule has 7 heteroatoms. The third kappa shape index (κ3) is 3.44. The molecule has 0 atom stereocenters. The van der Waals surface area contributed by atoms with Gasteiger partial charge in [0.25, 0.3) is 0 Å². The van der Waals surface area contributed by atoms with Crippen LogP contribution in [0.5, 0.6) is 5.75 Å². The van der Waals surface area contributed by atoms with Gasteiger partial charge in [-0.2, -0.15) is 0 Å². The second kappa shape index (κ2) is 5.48. The number of nitrogens with two attached hydrogens (primary N) is 1. The topological polar surface area (TPSA) is 69.4 Å². The molecule has 0 aliphatic rings. The Morgan fingerprint density at radius 2 is 1.81 bits per heavy atom. The van der Waals surface area contributed by atoms with Crippen LogP contribution in [-0.2, 0) is 10.0 Å². The minimum atomic E-state index is -3.70. The van der Waals surface area contributed by atoms with Crippen LogP contribution in [0.4, 0.5) is 0 Å². The van der Waals surface area contributed by atoms with E-state index in [9.17, 15) is 8.42 Å². The lowest BCUT2D eigenvalue weighted by atomic mass is 10.3. The number of hydrogen-bond donors (Lipinski definition) is 1. The van der Waals surface area contributed by atoms with Crippen LogP contribution in [0.3, 0.4) is 0 Å². The SMILES string of the molecule is CCCOc1c(Br)cc(S(N)(=O)=O)cc1Br. The number of hydrogen-bond acceptors (Lipinski definition) is 3. The smallest absolute Gasteiger partial charge is 0.238 e. The normalized spacial score (nSPS) is 11.5. The van der Waals surface area contributed by atoms with Crippen LogP contribution in [0.15, 0.2) is 26.0 Å². The third-order valence-electron chi connectivity index (χ3n) is 1.75. The first-order valence-electron chi connectivity index (χ1n) is 4.51. The van der Waals surface area contributed by atoms with Crippen LogP contribution in [-0.4, -0.2) is 15.0 Å². The summed E-state index contributed by atoms with van der Waals surface area (Å²) in [5.74, 6) is 0.578. The zero-order valence-electron chi connectivity index (χ0n) is 8.54. The summed E-state index contributed by atoms with van der Waals surface area (Å²) in [5.41, 5.74) is 0. The molecule has 0 spiro atoms. The molecule has 0 saturated carbocycles. The van der Waals surface area contributed by atoms with Crippen molar-refractivity contribution < 1.29 is 13.2 Å². The van der Waals surface area contributed by atoms with Crippen molar-refractivity contribution in [1.29, 1.82) is 0 Å². The first kappa shape index (κ1) is 14.0. The van der Waals surface area contributed by atoms with Gasteiger partial charge in [-0.05, 0) is 50.4 Å². The van der Waals surface area contributed by atoms with Crippen LogP contribution in [0.25, 0.3) is 0 Å². The fourth-order valence-electron chi connectivity index (χ4n) is 1.04. The van der Waals surface area contributed by atoms with Crippen molar-refractivity contribution in [3.63, 3.8) is 0 Å². The van der Waals surface area contributed by atoms with Gasteiger partial charge >= 0.3 is 0 Å². The lowest BCUT2D eigenvalue weighted by molar-refractivity contribution is 0.313. The highest BCUT2D eigenvalue weighted by atomic mass is 79.9. The average Bonchev–Trinajstić information content (AvgIpc) is 2.15. The van der Waals surface area contributed by atoms with E-state index in [0.29, 0.717) is 21.3 Å². The van der Waals surface area contributed by atoms with Gasteiger partial charge in [-0.25, -0.2) is 13.6 Å². The summed E-state index contributed by atoms with van der Waals surface area (Å²) in [4.78, 5) is 0.0371. The molecule has 0 saturated heterocycles. The summed E-state index contributed by atoms with van der Waals surface area (Å²) in [6.07, 6.45) is 0.871. The molecular formula is C9H11Br2NO3S. The van der Waals surface area contributed by atoms with Crippen molar-refractivity contribution in [1.82, 2.24) is 0 Å². The Hall–Kier alpha value is -0.110. The number of sulfonamides is 1. The van der Waals surface area contributed by atoms with Gasteiger partial charge in [0, 0.05) is 0 Å². The predicted molar refractivity (Wildman–Crippen MR) is 69.0 cm³/mol. The Morgan fingerprint density at radius 1 is 1.31 bits per heavy atom. The second-order valence-corrected chi connectivity index (χ2v) is 6.38. The van der Waals surface area contributed by atoms with Gasteiger partial charge in [-0.3, -0.25) is 0 Å². The molecule has 16 heavy (non-hydrogen) atoms. The maximum Gasteiger partial charge on any atom is 0.238 e. The van der Waals surface area contributed by atoms with E-state index in [1.54, 1.807) is 0 Å². The fourth-order valence-corrected chi connectivity index (χ4v) is 3.33.